The summed E-state index contributed by atoms with van der Waals surface area (Å²) >= 11 is 0. The number of hydrogen-bond acceptors (Lipinski definition) is 4. The van der Waals surface area contributed by atoms with Crippen LogP contribution in [0.15, 0.2) is 18.2 Å². The van der Waals surface area contributed by atoms with E-state index in [0.717, 1.165) is 0 Å². The average molecular weight is 286 g/mol. The molecule has 0 fully saturated rings. The number of nitrogens with one attached hydrogen (secondary N) is 1. The second-order valence-electron chi connectivity index (χ2n) is 5.18. The van der Waals surface area contributed by atoms with E-state index in [9.17, 15) is 4.79 Å². The van der Waals surface area contributed by atoms with E-state index < -0.39 is 11.7 Å². The number of hydrogen-bond donors (Lipinski definition) is 1. The number of nitrogens with zero attached hydrogens (tertiary/aromatic N) is 1. The van der Waals surface area contributed by atoms with Crippen LogP contribution in [0.5, 0.6) is 5.75 Å². The lowest BCUT2D eigenvalue weighted by molar-refractivity contribution is 0.0535. The van der Waals surface area contributed by atoms with Crippen molar-refractivity contribution in [2.75, 3.05) is 13.7 Å². The molecule has 1 amide bonds. The topological polar surface area (TPSA) is 71.3 Å². The second kappa shape index (κ2) is 7.21. The predicted molar refractivity (Wildman–Crippen MR) is 78.8 cm³/mol. The number of rotatable bonds is 2. The minimum absolute atomic E-state index is 0.178. The van der Waals surface area contributed by atoms with Crippen molar-refractivity contribution in [2.45, 2.75) is 26.4 Å². The lowest BCUT2D eigenvalue weighted by atomic mass is 10.1. The maximum atomic E-state index is 11.4. The fourth-order valence-electron chi connectivity index (χ4n) is 1.44. The molecule has 0 atom stereocenters. The molecule has 0 heterocycles. The molecule has 0 unspecified atom stereocenters. The lowest BCUT2D eigenvalue weighted by Gasteiger charge is -2.18. The van der Waals surface area contributed by atoms with Gasteiger partial charge in [0.05, 0.1) is 19.2 Å². The van der Waals surface area contributed by atoms with Gasteiger partial charge in [0.1, 0.15) is 17.4 Å². The Kier molecular flexibility index (Phi) is 5.63. The van der Waals surface area contributed by atoms with Crippen LogP contribution in [0.1, 0.15) is 31.9 Å². The standard InChI is InChI=1S/C16H18N2O3/c1-16(2,3)21-15(19)18-9-5-6-12-7-8-13(11-17)14(10-12)20-4/h7-8,10H,9H2,1-4H3,(H,18,19). The van der Waals surface area contributed by atoms with Gasteiger partial charge in [-0.25, -0.2) is 4.79 Å². The normalized spacial score (nSPS) is 9.86. The van der Waals surface area contributed by atoms with Gasteiger partial charge >= 0.3 is 6.09 Å². The van der Waals surface area contributed by atoms with Crippen LogP contribution < -0.4 is 10.1 Å². The molecule has 0 bridgehead atoms. The molecule has 1 aromatic carbocycles. The molecule has 5 nitrogen and oxygen atoms in total. The van der Waals surface area contributed by atoms with Crippen LogP contribution in [0.3, 0.4) is 0 Å². The molecule has 21 heavy (non-hydrogen) atoms. The molecule has 0 aromatic heterocycles. The Morgan fingerprint density at radius 3 is 2.67 bits per heavy atom. The van der Waals surface area contributed by atoms with Gasteiger partial charge in [-0.05, 0) is 39.0 Å². The SMILES string of the molecule is COc1cc(C#CCNC(=O)OC(C)(C)C)ccc1C#N. The zero-order valence-corrected chi connectivity index (χ0v) is 12.6. The van der Waals surface area contributed by atoms with Crippen LogP contribution in [0.25, 0.3) is 0 Å². The van der Waals surface area contributed by atoms with Gasteiger partial charge in [0.25, 0.3) is 0 Å². The molecule has 5 heteroatoms. The molecule has 1 rings (SSSR count). The number of nitriles is 1. The summed E-state index contributed by atoms with van der Waals surface area (Å²) in [4.78, 5) is 11.4. The van der Waals surface area contributed by atoms with E-state index >= 15 is 0 Å². The summed E-state index contributed by atoms with van der Waals surface area (Å²) in [6.07, 6.45) is -0.505. The molecule has 0 spiro atoms. The third kappa shape index (κ3) is 5.88. The maximum Gasteiger partial charge on any atom is 0.408 e. The van der Waals surface area contributed by atoms with Crippen LogP contribution in [-0.2, 0) is 4.74 Å². The van der Waals surface area contributed by atoms with Gasteiger partial charge in [-0.2, -0.15) is 5.26 Å². The molecule has 0 saturated heterocycles. The molecule has 110 valence electrons. The first-order chi connectivity index (χ1) is 9.85. The first-order valence-corrected chi connectivity index (χ1v) is 6.39. The summed E-state index contributed by atoms with van der Waals surface area (Å²) in [5, 5.41) is 11.4. The maximum absolute atomic E-state index is 11.4. The second-order valence-corrected chi connectivity index (χ2v) is 5.18. The van der Waals surface area contributed by atoms with Gasteiger partial charge in [-0.15, -0.1) is 0 Å². The van der Waals surface area contributed by atoms with Gasteiger partial charge in [0.2, 0.25) is 0 Å². The van der Waals surface area contributed by atoms with E-state index in [1.54, 1.807) is 39.0 Å². The molecular weight excluding hydrogens is 268 g/mol. The molecule has 0 radical (unpaired) electrons. The highest BCUT2D eigenvalue weighted by molar-refractivity contribution is 5.68. The van der Waals surface area contributed by atoms with Gasteiger partial charge in [-0.1, -0.05) is 11.8 Å². The number of carbonyl (C=O) groups is 1. The van der Waals surface area contributed by atoms with E-state index in [-0.39, 0.29) is 6.54 Å². The van der Waals surface area contributed by atoms with Crippen molar-refractivity contribution < 1.29 is 14.3 Å². The summed E-state index contributed by atoms with van der Waals surface area (Å²) in [5.74, 6) is 6.16. The molecular formula is C16H18N2O3. The minimum atomic E-state index is -0.530. The summed E-state index contributed by atoms with van der Waals surface area (Å²) in [7, 11) is 1.50. The summed E-state index contributed by atoms with van der Waals surface area (Å²) in [6.45, 7) is 5.56. The molecule has 0 aliphatic heterocycles. The summed E-state index contributed by atoms with van der Waals surface area (Å²) in [5.41, 5.74) is 0.629. The molecule has 0 aliphatic carbocycles. The number of ether oxygens (including phenoxy) is 2. The molecule has 1 N–H and O–H groups in total. The van der Waals surface area contributed by atoms with E-state index in [1.165, 1.54) is 7.11 Å². The summed E-state index contributed by atoms with van der Waals surface area (Å²) in [6, 6.07) is 7.08. The fraction of sp³-hybridized carbons (Fsp3) is 0.375. The van der Waals surface area contributed by atoms with Gasteiger partial charge < -0.3 is 14.8 Å². The van der Waals surface area contributed by atoms with Crippen molar-refractivity contribution in [3.63, 3.8) is 0 Å². The zero-order valence-electron chi connectivity index (χ0n) is 12.6. The highest BCUT2D eigenvalue weighted by Crippen LogP contribution is 2.18. The molecule has 0 saturated carbocycles. The van der Waals surface area contributed by atoms with Crippen molar-refractivity contribution in [3.05, 3.63) is 29.3 Å². The van der Waals surface area contributed by atoms with Crippen LogP contribution in [0.4, 0.5) is 4.79 Å². The Morgan fingerprint density at radius 2 is 2.10 bits per heavy atom. The van der Waals surface area contributed by atoms with Crippen molar-refractivity contribution in [1.82, 2.24) is 5.32 Å². The van der Waals surface area contributed by atoms with E-state index in [4.69, 9.17) is 14.7 Å². The number of benzene rings is 1. The summed E-state index contributed by atoms with van der Waals surface area (Å²) < 4.78 is 10.2. The smallest absolute Gasteiger partial charge is 0.408 e. The monoisotopic (exact) mass is 286 g/mol. The number of alkyl carbamates (subject to hydrolysis) is 1. The van der Waals surface area contributed by atoms with Crippen molar-refractivity contribution >= 4 is 6.09 Å². The number of amides is 1. The van der Waals surface area contributed by atoms with Gasteiger partial charge in [0.15, 0.2) is 0 Å². The highest BCUT2D eigenvalue weighted by Gasteiger charge is 2.14. The Balaban J connectivity index is 2.60. The van der Waals surface area contributed by atoms with Crippen LogP contribution >= 0.6 is 0 Å². The average Bonchev–Trinajstić information content (AvgIpc) is 2.41. The molecule has 0 aliphatic rings. The van der Waals surface area contributed by atoms with Crippen molar-refractivity contribution in [3.8, 4) is 23.7 Å². The van der Waals surface area contributed by atoms with E-state index in [0.29, 0.717) is 16.9 Å². The first-order valence-electron chi connectivity index (χ1n) is 6.39. The quantitative estimate of drug-likeness (QED) is 0.848. The Morgan fingerprint density at radius 1 is 1.38 bits per heavy atom. The van der Waals surface area contributed by atoms with E-state index in [1.807, 2.05) is 6.07 Å². The third-order valence-corrected chi connectivity index (χ3v) is 2.27. The highest BCUT2D eigenvalue weighted by atomic mass is 16.6. The van der Waals surface area contributed by atoms with Crippen LogP contribution in [-0.4, -0.2) is 25.3 Å². The zero-order chi connectivity index (χ0) is 15.9. The van der Waals surface area contributed by atoms with Crippen molar-refractivity contribution in [2.24, 2.45) is 0 Å². The lowest BCUT2D eigenvalue weighted by Crippen LogP contribution is -2.32. The Hall–Kier alpha value is -2.66. The third-order valence-electron chi connectivity index (χ3n) is 2.27. The van der Waals surface area contributed by atoms with Gasteiger partial charge in [0, 0.05) is 5.56 Å². The van der Waals surface area contributed by atoms with Crippen LogP contribution in [0.2, 0.25) is 0 Å². The molecule has 1 aromatic rings. The predicted octanol–water partition coefficient (Wildman–Crippen LogP) is 2.44. The number of methoxy groups -OCH3 is 1. The minimum Gasteiger partial charge on any atom is -0.495 e. The van der Waals surface area contributed by atoms with Crippen LogP contribution in [0, 0.1) is 23.2 Å². The Bertz CT molecular complexity index is 613. The van der Waals surface area contributed by atoms with Crippen molar-refractivity contribution in [1.29, 1.82) is 5.26 Å². The van der Waals surface area contributed by atoms with Gasteiger partial charge in [-0.3, -0.25) is 0 Å². The van der Waals surface area contributed by atoms with E-state index in [2.05, 4.69) is 17.2 Å². The Labute approximate surface area is 124 Å². The first kappa shape index (κ1) is 16.4. The largest absolute Gasteiger partial charge is 0.495 e. The fourth-order valence-corrected chi connectivity index (χ4v) is 1.44. The number of carbonyl (C=O) groups excluding carboxylic acids is 1.